The van der Waals surface area contributed by atoms with Crippen molar-refractivity contribution in [1.82, 2.24) is 5.01 Å². The lowest BCUT2D eigenvalue weighted by atomic mass is 10.1. The zero-order valence-electron chi connectivity index (χ0n) is 17.7. The number of esters is 1. The molecule has 1 aliphatic rings. The number of nitro benzene ring substituents is 1. The molecule has 172 valence electrons. The van der Waals surface area contributed by atoms with E-state index in [9.17, 15) is 24.5 Å². The molecule has 0 bridgehead atoms. The monoisotopic (exact) mass is 472 g/mol. The second-order valence-electron chi connectivity index (χ2n) is 7.22. The molecule has 2 amide bonds. The molecule has 33 heavy (non-hydrogen) atoms. The van der Waals surface area contributed by atoms with Crippen LogP contribution in [0, 0.1) is 10.1 Å². The maximum Gasteiger partial charge on any atom is 0.307 e. The fraction of sp³-hybridized carbons (Fsp3) is 0.273. The van der Waals surface area contributed by atoms with Gasteiger partial charge in [-0.25, -0.2) is 5.01 Å². The van der Waals surface area contributed by atoms with Gasteiger partial charge >= 0.3 is 5.97 Å². The number of hydrazone groups is 1. The number of hydrogen-bond acceptors (Lipinski definition) is 7. The summed E-state index contributed by atoms with van der Waals surface area (Å²) in [5.41, 5.74) is 1.51. The third kappa shape index (κ3) is 6.36. The third-order valence-electron chi connectivity index (χ3n) is 4.84. The second-order valence-corrected chi connectivity index (χ2v) is 7.63. The van der Waals surface area contributed by atoms with Crippen molar-refractivity contribution in [2.75, 3.05) is 11.9 Å². The Labute approximate surface area is 194 Å². The highest BCUT2D eigenvalue weighted by molar-refractivity contribution is 6.33. The van der Waals surface area contributed by atoms with Crippen LogP contribution in [0.5, 0.6) is 0 Å². The van der Waals surface area contributed by atoms with Gasteiger partial charge in [0.05, 0.1) is 34.3 Å². The molecule has 0 saturated carbocycles. The Morgan fingerprint density at radius 1 is 1.21 bits per heavy atom. The van der Waals surface area contributed by atoms with E-state index in [1.165, 1.54) is 24.1 Å². The number of nitrogens with zero attached hydrogens (tertiary/aromatic N) is 3. The summed E-state index contributed by atoms with van der Waals surface area (Å²) in [4.78, 5) is 47.0. The lowest BCUT2D eigenvalue weighted by Gasteiger charge is -2.15. The van der Waals surface area contributed by atoms with Crippen molar-refractivity contribution < 1.29 is 24.0 Å². The smallest absolute Gasteiger partial charge is 0.307 e. The van der Waals surface area contributed by atoms with Crippen LogP contribution in [0.3, 0.4) is 0 Å². The molecule has 0 fully saturated rings. The summed E-state index contributed by atoms with van der Waals surface area (Å²) in [7, 11) is 0. The zero-order chi connectivity index (χ0) is 24.0. The van der Waals surface area contributed by atoms with Crippen molar-refractivity contribution in [2.24, 2.45) is 5.10 Å². The standard InChI is InChI=1S/C22H21ClN4O6/c1-14(22(30)24-19-13-16(27(31)32)7-8-17(19)23)33-21(29)10-9-20(28)26-12-11-18(25-26)15-5-3-2-4-6-15/h2-8,13-14H,9-12H2,1H3,(H,24,30). The van der Waals surface area contributed by atoms with Gasteiger partial charge < -0.3 is 10.1 Å². The minimum absolute atomic E-state index is 0.0232. The molecular weight excluding hydrogens is 452 g/mol. The largest absolute Gasteiger partial charge is 0.453 e. The molecule has 1 aliphatic heterocycles. The predicted molar refractivity (Wildman–Crippen MR) is 121 cm³/mol. The van der Waals surface area contributed by atoms with Gasteiger partial charge in [-0.2, -0.15) is 5.10 Å². The molecule has 0 saturated heterocycles. The number of nitrogens with one attached hydrogen (secondary N) is 1. The summed E-state index contributed by atoms with van der Waals surface area (Å²) < 4.78 is 5.07. The molecule has 1 heterocycles. The van der Waals surface area contributed by atoms with Crippen LogP contribution in [-0.4, -0.2) is 46.1 Å². The average molecular weight is 473 g/mol. The van der Waals surface area contributed by atoms with E-state index in [0.29, 0.717) is 13.0 Å². The summed E-state index contributed by atoms with van der Waals surface area (Å²) in [5, 5.41) is 19.0. The van der Waals surface area contributed by atoms with Gasteiger partial charge in [0.15, 0.2) is 6.10 Å². The number of rotatable bonds is 8. The lowest BCUT2D eigenvalue weighted by molar-refractivity contribution is -0.384. The number of benzene rings is 2. The molecule has 3 rings (SSSR count). The number of amides is 2. The molecule has 0 spiro atoms. The van der Waals surface area contributed by atoms with E-state index in [2.05, 4.69) is 10.4 Å². The summed E-state index contributed by atoms with van der Waals surface area (Å²) in [5.74, 6) is -1.77. The molecule has 2 aromatic carbocycles. The van der Waals surface area contributed by atoms with E-state index in [1.807, 2.05) is 30.3 Å². The average Bonchev–Trinajstić information content (AvgIpc) is 3.29. The Hall–Kier alpha value is -3.79. The molecule has 1 N–H and O–H groups in total. The fourth-order valence-electron chi connectivity index (χ4n) is 3.08. The molecule has 1 unspecified atom stereocenters. The number of ether oxygens (including phenoxy) is 1. The van der Waals surface area contributed by atoms with Gasteiger partial charge in [-0.1, -0.05) is 41.9 Å². The normalized spacial score (nSPS) is 13.8. The van der Waals surface area contributed by atoms with E-state index in [0.717, 1.165) is 17.3 Å². The third-order valence-corrected chi connectivity index (χ3v) is 5.17. The van der Waals surface area contributed by atoms with Gasteiger partial charge in [0, 0.05) is 25.0 Å². The van der Waals surface area contributed by atoms with E-state index in [-0.39, 0.29) is 35.1 Å². The highest BCUT2D eigenvalue weighted by Crippen LogP contribution is 2.27. The van der Waals surface area contributed by atoms with Crippen molar-refractivity contribution in [1.29, 1.82) is 0 Å². The van der Waals surface area contributed by atoms with Crippen molar-refractivity contribution in [3.8, 4) is 0 Å². The van der Waals surface area contributed by atoms with E-state index in [4.69, 9.17) is 16.3 Å². The maximum absolute atomic E-state index is 12.4. The number of halogens is 1. The Kier molecular flexibility index (Phi) is 7.73. The van der Waals surface area contributed by atoms with Crippen LogP contribution in [0.2, 0.25) is 5.02 Å². The number of hydrogen-bond donors (Lipinski definition) is 1. The fourth-order valence-corrected chi connectivity index (χ4v) is 3.24. The van der Waals surface area contributed by atoms with Crippen molar-refractivity contribution in [2.45, 2.75) is 32.3 Å². The lowest BCUT2D eigenvalue weighted by Crippen LogP contribution is -2.30. The van der Waals surface area contributed by atoms with Crippen LogP contribution in [0.4, 0.5) is 11.4 Å². The molecule has 11 heteroatoms. The molecule has 0 aliphatic carbocycles. The Morgan fingerprint density at radius 2 is 1.94 bits per heavy atom. The highest BCUT2D eigenvalue weighted by Gasteiger charge is 2.24. The minimum atomic E-state index is -1.20. The first kappa shape index (κ1) is 23.9. The van der Waals surface area contributed by atoms with E-state index < -0.39 is 22.9 Å². The van der Waals surface area contributed by atoms with Crippen LogP contribution in [0.25, 0.3) is 0 Å². The van der Waals surface area contributed by atoms with Gasteiger partial charge in [0.2, 0.25) is 5.91 Å². The Balaban J connectivity index is 1.48. The van der Waals surface area contributed by atoms with Crippen LogP contribution >= 0.6 is 11.6 Å². The van der Waals surface area contributed by atoms with Gasteiger partial charge in [-0.3, -0.25) is 24.5 Å². The van der Waals surface area contributed by atoms with Gasteiger partial charge in [0.1, 0.15) is 0 Å². The first-order valence-corrected chi connectivity index (χ1v) is 10.5. The molecular formula is C22H21ClN4O6. The molecule has 2 aromatic rings. The molecule has 1 atom stereocenters. The number of non-ortho nitro benzene ring substituents is 1. The second kappa shape index (κ2) is 10.7. The quantitative estimate of drug-likeness (QED) is 0.355. The number of nitro groups is 1. The molecule has 10 nitrogen and oxygen atoms in total. The minimum Gasteiger partial charge on any atom is -0.453 e. The number of anilines is 1. The molecule has 0 radical (unpaired) electrons. The van der Waals surface area contributed by atoms with Crippen molar-refractivity contribution in [3.63, 3.8) is 0 Å². The van der Waals surface area contributed by atoms with Crippen LogP contribution in [0.1, 0.15) is 31.7 Å². The van der Waals surface area contributed by atoms with Crippen molar-refractivity contribution >= 4 is 46.5 Å². The maximum atomic E-state index is 12.4. The predicted octanol–water partition coefficient (Wildman–Crippen LogP) is 3.54. The van der Waals surface area contributed by atoms with Gasteiger partial charge in [-0.05, 0) is 18.6 Å². The topological polar surface area (TPSA) is 131 Å². The van der Waals surface area contributed by atoms with Crippen LogP contribution in [0.15, 0.2) is 53.6 Å². The SMILES string of the molecule is CC(OC(=O)CCC(=O)N1CCC(c2ccccc2)=N1)C(=O)Nc1cc([N+](=O)[O-])ccc1Cl. The zero-order valence-corrected chi connectivity index (χ0v) is 18.4. The number of carbonyl (C=O) groups excluding carboxylic acids is 3. The summed E-state index contributed by atoms with van der Waals surface area (Å²) in [6.45, 7) is 1.78. The first-order valence-electron chi connectivity index (χ1n) is 10.1. The summed E-state index contributed by atoms with van der Waals surface area (Å²) in [6.07, 6.45) is -0.911. The van der Waals surface area contributed by atoms with E-state index >= 15 is 0 Å². The first-order chi connectivity index (χ1) is 15.7. The molecule has 0 aromatic heterocycles. The van der Waals surface area contributed by atoms with Gasteiger partial charge in [-0.15, -0.1) is 0 Å². The van der Waals surface area contributed by atoms with Crippen LogP contribution in [-0.2, 0) is 19.1 Å². The summed E-state index contributed by atoms with van der Waals surface area (Å²) >= 11 is 5.95. The van der Waals surface area contributed by atoms with Crippen LogP contribution < -0.4 is 5.32 Å². The van der Waals surface area contributed by atoms with Crippen molar-refractivity contribution in [3.05, 3.63) is 69.2 Å². The summed E-state index contributed by atoms with van der Waals surface area (Å²) in [6, 6.07) is 13.1. The Morgan fingerprint density at radius 3 is 2.64 bits per heavy atom. The number of carbonyl (C=O) groups is 3. The Bertz CT molecular complexity index is 1110. The van der Waals surface area contributed by atoms with Gasteiger partial charge in [0.25, 0.3) is 11.6 Å². The van der Waals surface area contributed by atoms with E-state index in [1.54, 1.807) is 0 Å². The highest BCUT2D eigenvalue weighted by atomic mass is 35.5.